The zero-order chi connectivity index (χ0) is 58.0. The van der Waals surface area contributed by atoms with E-state index in [1.165, 1.54) is 0 Å². The fourth-order valence-corrected chi connectivity index (χ4v) is 6.51. The average Bonchev–Trinajstić information content (AvgIpc) is 3.86. The van der Waals surface area contributed by atoms with E-state index in [-0.39, 0.29) is 167 Å². The molecule has 30 nitrogen and oxygen atoms in total. The van der Waals surface area contributed by atoms with Crippen molar-refractivity contribution in [1.29, 1.82) is 0 Å². The zero-order valence-electron chi connectivity index (χ0n) is 45.5. The minimum absolute atomic E-state index is 0.0382. The number of carbonyl (C=O) groups excluding carboxylic acids is 4. The number of carbonyl (C=O) groups is 8. The van der Waals surface area contributed by atoms with Crippen LogP contribution in [0, 0.1) is 11.8 Å². The normalized spacial score (nSPS) is 11.1. The number of nitrogens with one attached hydrogen (secondary N) is 4. The van der Waals surface area contributed by atoms with Crippen molar-refractivity contribution in [2.45, 2.75) is 58.5 Å². The van der Waals surface area contributed by atoms with Crippen molar-refractivity contribution in [3.8, 4) is 11.8 Å². The van der Waals surface area contributed by atoms with Crippen LogP contribution >= 0.6 is 0 Å². The highest BCUT2D eigenvalue weighted by Crippen LogP contribution is 2.05. The minimum atomic E-state index is -1.03. The van der Waals surface area contributed by atoms with Gasteiger partial charge in [0.05, 0.1) is 137 Å². The van der Waals surface area contributed by atoms with Crippen molar-refractivity contribution in [3.05, 3.63) is 11.9 Å². The van der Waals surface area contributed by atoms with Gasteiger partial charge in [-0.3, -0.25) is 43.3 Å². The van der Waals surface area contributed by atoms with E-state index in [0.29, 0.717) is 98.0 Å². The van der Waals surface area contributed by atoms with Crippen LogP contribution in [-0.4, -0.2) is 282 Å². The van der Waals surface area contributed by atoms with Crippen LogP contribution in [0.15, 0.2) is 6.20 Å². The van der Waals surface area contributed by atoms with Gasteiger partial charge >= 0.3 is 23.9 Å². The summed E-state index contributed by atoms with van der Waals surface area (Å²) in [6, 6.07) is 0. The lowest BCUT2D eigenvalue weighted by molar-refractivity contribution is -0.139. The molecule has 0 atom stereocenters. The number of carboxylic acid groups (broad SMARTS) is 4. The SMILES string of the molecule is CC#CCNC(=O)COCCOCCOCCOCCNC(=O)COCCOCCOCCOCCn1cc(CN(CCC(=O)NCCN(CCC(=O)O)CCC(=O)O)CCC(=O)NCCN(CCC(=O)O)CCC(=O)O)nn1. The van der Waals surface area contributed by atoms with Gasteiger partial charge in [0.2, 0.25) is 23.6 Å². The van der Waals surface area contributed by atoms with Crippen LogP contribution in [0.5, 0.6) is 0 Å². The molecule has 1 aromatic heterocycles. The van der Waals surface area contributed by atoms with Gasteiger partial charge in [-0.15, -0.1) is 11.0 Å². The second-order valence-electron chi connectivity index (χ2n) is 17.0. The Morgan fingerprint density at radius 2 is 0.823 bits per heavy atom. The second kappa shape index (κ2) is 49.1. The van der Waals surface area contributed by atoms with E-state index in [4.69, 9.17) is 58.3 Å². The number of aromatic nitrogens is 3. The molecule has 0 radical (unpaired) electrons. The largest absolute Gasteiger partial charge is 0.481 e. The number of aliphatic carboxylic acids is 4. The summed E-state index contributed by atoms with van der Waals surface area (Å²) in [4.78, 5) is 98.6. The number of carboxylic acids is 4. The molecule has 0 saturated carbocycles. The van der Waals surface area contributed by atoms with Gasteiger partial charge in [-0.2, -0.15) is 0 Å². The fourth-order valence-electron chi connectivity index (χ4n) is 6.51. The molecule has 0 unspecified atom stereocenters. The summed E-state index contributed by atoms with van der Waals surface area (Å²) in [7, 11) is 0. The van der Waals surface area contributed by atoms with E-state index in [0.717, 1.165) is 0 Å². The highest BCUT2D eigenvalue weighted by Gasteiger charge is 2.16. The standard InChI is InChI=1S/C49H84N10O20/c1-2-3-10-50-44(62)39-78-35-33-76-31-29-74-27-25-72-23-13-53-45(63)40-79-36-34-77-32-30-75-28-26-73-24-22-59-38-41(54-55-59)37-58(14-4-42(60)51-11-20-56(16-6-46(64)65)17-7-47(66)67)15-5-43(61)52-12-21-57(18-8-48(68)69)19-9-49(70)71/h38H,4-37,39-40H2,1H3,(H,50,62)(H,51,60)(H,52,61)(H,53,63)(H,64,65)(H,66,67)(H,68,69)(H,70,71). The average molecular weight is 1130 g/mol. The molecule has 0 aliphatic rings. The van der Waals surface area contributed by atoms with E-state index >= 15 is 0 Å². The Morgan fingerprint density at radius 1 is 0.456 bits per heavy atom. The number of nitrogens with zero attached hydrogens (tertiary/aromatic N) is 6. The molecular weight excluding hydrogens is 1050 g/mol. The lowest BCUT2D eigenvalue weighted by Gasteiger charge is -2.23. The van der Waals surface area contributed by atoms with E-state index in [1.807, 2.05) is 4.90 Å². The Hall–Kier alpha value is -5.98. The van der Waals surface area contributed by atoms with Gasteiger partial charge in [0.1, 0.15) is 13.2 Å². The summed E-state index contributed by atoms with van der Waals surface area (Å²) >= 11 is 0. The first-order valence-corrected chi connectivity index (χ1v) is 26.2. The van der Waals surface area contributed by atoms with Gasteiger partial charge in [0, 0.05) is 97.6 Å². The third-order valence-electron chi connectivity index (χ3n) is 10.6. The summed E-state index contributed by atoms with van der Waals surface area (Å²) in [6.07, 6.45) is 1.07. The van der Waals surface area contributed by atoms with Crippen LogP contribution < -0.4 is 21.3 Å². The predicted molar refractivity (Wildman–Crippen MR) is 278 cm³/mol. The molecule has 79 heavy (non-hydrogen) atoms. The van der Waals surface area contributed by atoms with Gasteiger partial charge in [-0.05, 0) is 6.92 Å². The third kappa shape index (κ3) is 46.6. The Labute approximate surface area is 460 Å². The first-order valence-electron chi connectivity index (χ1n) is 26.2. The molecule has 0 saturated heterocycles. The van der Waals surface area contributed by atoms with Gasteiger partial charge in [-0.1, -0.05) is 11.1 Å². The van der Waals surface area contributed by atoms with Gasteiger partial charge in [-0.25, -0.2) is 4.68 Å². The van der Waals surface area contributed by atoms with E-state index in [2.05, 4.69) is 43.4 Å². The molecule has 1 aromatic rings. The molecule has 450 valence electrons. The quantitative estimate of drug-likeness (QED) is 0.0238. The Balaban J connectivity index is 2.31. The minimum Gasteiger partial charge on any atom is -0.481 e. The van der Waals surface area contributed by atoms with Crippen molar-refractivity contribution in [3.63, 3.8) is 0 Å². The number of amides is 4. The van der Waals surface area contributed by atoms with Crippen LogP contribution in [0.2, 0.25) is 0 Å². The lowest BCUT2D eigenvalue weighted by Crippen LogP contribution is -2.39. The van der Waals surface area contributed by atoms with E-state index in [1.54, 1.807) is 27.6 Å². The molecule has 0 aliphatic heterocycles. The van der Waals surface area contributed by atoms with Crippen molar-refractivity contribution in [2.75, 3.05) is 184 Å². The molecule has 30 heteroatoms. The summed E-state index contributed by atoms with van der Waals surface area (Å²) in [5, 5.41) is 55.5. The maximum atomic E-state index is 12.9. The molecular formula is C49H84N10O20. The summed E-state index contributed by atoms with van der Waals surface area (Å²) in [5.41, 5.74) is 0.566. The molecule has 0 aromatic carbocycles. The van der Waals surface area contributed by atoms with Crippen molar-refractivity contribution in [2.24, 2.45) is 0 Å². The number of hydrogen-bond acceptors (Lipinski definition) is 21. The molecule has 8 N–H and O–H groups in total. The fraction of sp³-hybridized carbons (Fsp3) is 0.755. The van der Waals surface area contributed by atoms with Gasteiger partial charge < -0.3 is 89.4 Å². The molecule has 1 rings (SSSR count). The van der Waals surface area contributed by atoms with Crippen LogP contribution in [0.4, 0.5) is 0 Å². The molecule has 0 aliphatic carbocycles. The van der Waals surface area contributed by atoms with Crippen LogP contribution in [0.1, 0.15) is 51.1 Å². The highest BCUT2D eigenvalue weighted by atomic mass is 16.6. The molecule has 0 fully saturated rings. The van der Waals surface area contributed by atoms with Gasteiger partial charge in [0.25, 0.3) is 0 Å². The Kier molecular flexibility index (Phi) is 44.1. The molecule has 4 amide bonds. The van der Waals surface area contributed by atoms with Crippen molar-refractivity contribution >= 4 is 47.5 Å². The van der Waals surface area contributed by atoms with Crippen molar-refractivity contribution in [1.82, 2.24) is 51.0 Å². The Bertz CT molecular complexity index is 1820. The predicted octanol–water partition coefficient (Wildman–Crippen LogP) is -3.02. The first kappa shape index (κ1) is 71.0. The monoisotopic (exact) mass is 1130 g/mol. The second-order valence-corrected chi connectivity index (χ2v) is 17.0. The van der Waals surface area contributed by atoms with Crippen LogP contribution in [-0.2, 0) is 89.3 Å². The number of rotatable bonds is 55. The lowest BCUT2D eigenvalue weighted by atomic mass is 10.2. The first-order chi connectivity index (χ1) is 38.2. The number of ether oxygens (including phenoxy) is 8. The van der Waals surface area contributed by atoms with Crippen molar-refractivity contribution < 1.29 is 96.7 Å². The maximum absolute atomic E-state index is 12.9. The number of hydrogen-bond donors (Lipinski definition) is 8. The van der Waals surface area contributed by atoms with Crippen LogP contribution in [0.3, 0.4) is 0 Å². The van der Waals surface area contributed by atoms with E-state index in [9.17, 15) is 38.4 Å². The third-order valence-corrected chi connectivity index (χ3v) is 10.6. The highest BCUT2D eigenvalue weighted by molar-refractivity contribution is 5.78. The summed E-state index contributed by atoms with van der Waals surface area (Å²) < 4.78 is 45.1. The summed E-state index contributed by atoms with van der Waals surface area (Å²) in [5.74, 6) is 0.173. The molecule has 0 bridgehead atoms. The smallest absolute Gasteiger partial charge is 0.304 e. The van der Waals surface area contributed by atoms with Crippen LogP contribution in [0.25, 0.3) is 0 Å². The molecule has 1 heterocycles. The van der Waals surface area contributed by atoms with E-state index < -0.39 is 23.9 Å². The summed E-state index contributed by atoms with van der Waals surface area (Å²) in [6.45, 7) is 9.02. The topological polar surface area (TPSA) is 380 Å². The van der Waals surface area contributed by atoms with Gasteiger partial charge in [0.15, 0.2) is 0 Å². The maximum Gasteiger partial charge on any atom is 0.304 e. The molecule has 0 spiro atoms. The Morgan fingerprint density at radius 3 is 1.24 bits per heavy atom. The zero-order valence-corrected chi connectivity index (χ0v) is 45.5.